The van der Waals surface area contributed by atoms with Crippen molar-refractivity contribution in [1.29, 1.82) is 0 Å². The standard InChI is InChI=1S/C42H44N6O4S/c1-41(2,3)52-39(49)47-20-8-12-36(47)37-43-25-35(44-37)32-16-15-28-22-29(13-14-30(28)23-32)31-17-18-33-34(24-31)46-38(45-33)42(53-4)19-9-21-48(42)40(50)51-26-27-10-6-5-7-11-27/h5-7,10-11,13-18,22-25,36H,8-9,12,19-21,26H2,1-4H3,(H,43,44)(H,45,46). The van der Waals surface area contributed by atoms with Crippen molar-refractivity contribution in [3.63, 3.8) is 0 Å². The summed E-state index contributed by atoms with van der Waals surface area (Å²) >= 11 is 1.62. The number of fused-ring (bicyclic) bond motifs is 2. The summed E-state index contributed by atoms with van der Waals surface area (Å²) in [7, 11) is 0. The molecule has 272 valence electrons. The first kappa shape index (κ1) is 34.8. The number of carbonyl (C=O) groups is 2. The molecule has 4 heterocycles. The summed E-state index contributed by atoms with van der Waals surface area (Å²) in [4.78, 5) is 46.0. The third-order valence-electron chi connectivity index (χ3n) is 10.2. The molecule has 2 aliphatic rings. The van der Waals surface area contributed by atoms with Crippen LogP contribution in [-0.4, -0.2) is 66.9 Å². The van der Waals surface area contributed by atoms with Crippen LogP contribution in [0, 0.1) is 0 Å². The van der Waals surface area contributed by atoms with Crippen molar-refractivity contribution >= 4 is 45.8 Å². The Labute approximate surface area is 313 Å². The molecule has 0 aliphatic carbocycles. The van der Waals surface area contributed by atoms with Gasteiger partial charge < -0.3 is 19.4 Å². The molecule has 4 aromatic carbocycles. The molecular formula is C42H44N6O4S. The average Bonchev–Trinajstić information content (AvgIpc) is 3.98. The normalized spacial score (nSPS) is 19.0. The second-order valence-electron chi connectivity index (χ2n) is 14.9. The molecule has 0 radical (unpaired) electrons. The summed E-state index contributed by atoms with van der Waals surface area (Å²) in [6, 6.07) is 28.8. The van der Waals surface area contributed by atoms with E-state index in [0.717, 1.165) is 87.1 Å². The SMILES string of the molecule is CSC1(c2nc3ccc(-c4ccc5cc(-c6cnc(C7CCCN7C(=O)OC(C)(C)C)[nH]6)ccc5c4)cc3[nH]2)CCCN1C(=O)OCc1ccccc1. The van der Waals surface area contributed by atoms with Crippen LogP contribution in [0.3, 0.4) is 0 Å². The molecule has 11 heteroatoms. The molecule has 6 aromatic rings. The molecular weight excluding hydrogens is 685 g/mol. The Hall–Kier alpha value is -5.29. The second-order valence-corrected chi connectivity index (χ2v) is 16.0. The maximum absolute atomic E-state index is 13.4. The van der Waals surface area contributed by atoms with Gasteiger partial charge in [-0.25, -0.2) is 19.6 Å². The fourth-order valence-electron chi connectivity index (χ4n) is 7.59. The van der Waals surface area contributed by atoms with E-state index in [4.69, 9.17) is 19.4 Å². The van der Waals surface area contributed by atoms with E-state index < -0.39 is 10.5 Å². The number of H-pyrrole nitrogens is 2. The minimum Gasteiger partial charge on any atom is -0.445 e. The Kier molecular flexibility index (Phi) is 9.14. The number of hydrogen-bond donors (Lipinski definition) is 2. The predicted octanol–water partition coefficient (Wildman–Crippen LogP) is 9.79. The highest BCUT2D eigenvalue weighted by molar-refractivity contribution is 7.99. The first-order valence-electron chi connectivity index (χ1n) is 18.2. The van der Waals surface area contributed by atoms with Crippen LogP contribution >= 0.6 is 11.8 Å². The van der Waals surface area contributed by atoms with Gasteiger partial charge in [-0.2, -0.15) is 0 Å². The molecule has 10 nitrogen and oxygen atoms in total. The zero-order valence-corrected chi connectivity index (χ0v) is 31.3. The Morgan fingerprint density at radius 3 is 2.40 bits per heavy atom. The molecule has 2 amide bonds. The maximum atomic E-state index is 13.4. The minimum atomic E-state index is -0.627. The fraction of sp³-hybridized carbons (Fsp3) is 0.333. The average molecular weight is 729 g/mol. The van der Waals surface area contributed by atoms with Gasteiger partial charge in [-0.3, -0.25) is 9.80 Å². The summed E-state index contributed by atoms with van der Waals surface area (Å²) in [5, 5.41) is 2.24. The van der Waals surface area contributed by atoms with E-state index in [0.29, 0.717) is 13.1 Å². The van der Waals surface area contributed by atoms with Crippen molar-refractivity contribution in [1.82, 2.24) is 29.7 Å². The molecule has 2 N–H and O–H groups in total. The van der Waals surface area contributed by atoms with Gasteiger partial charge in [-0.15, -0.1) is 11.8 Å². The molecule has 2 atom stereocenters. The summed E-state index contributed by atoms with van der Waals surface area (Å²) in [5.41, 5.74) is 6.32. The van der Waals surface area contributed by atoms with Gasteiger partial charge in [0.25, 0.3) is 0 Å². The van der Waals surface area contributed by atoms with Crippen LogP contribution in [-0.2, 0) is 21.0 Å². The third kappa shape index (κ3) is 6.85. The number of carbonyl (C=O) groups excluding carboxylic acids is 2. The zero-order valence-electron chi connectivity index (χ0n) is 30.5. The van der Waals surface area contributed by atoms with Gasteiger partial charge in [0.1, 0.15) is 28.7 Å². The van der Waals surface area contributed by atoms with E-state index in [9.17, 15) is 9.59 Å². The number of benzene rings is 4. The van der Waals surface area contributed by atoms with Gasteiger partial charge in [0.15, 0.2) is 0 Å². The van der Waals surface area contributed by atoms with Crippen molar-refractivity contribution in [2.45, 2.75) is 69.6 Å². The number of amides is 2. The fourth-order valence-corrected chi connectivity index (χ4v) is 8.62. The number of aromatic nitrogens is 4. The van der Waals surface area contributed by atoms with Crippen LogP contribution in [0.15, 0.2) is 91.1 Å². The maximum Gasteiger partial charge on any atom is 0.411 e. The Morgan fingerprint density at radius 1 is 0.887 bits per heavy atom. The first-order chi connectivity index (χ1) is 25.6. The number of likely N-dealkylation sites (tertiary alicyclic amines) is 2. The van der Waals surface area contributed by atoms with E-state index in [1.807, 2.05) is 74.5 Å². The highest BCUT2D eigenvalue weighted by atomic mass is 32.2. The van der Waals surface area contributed by atoms with Crippen LogP contribution < -0.4 is 0 Å². The molecule has 0 spiro atoms. The molecule has 2 aromatic heterocycles. The van der Waals surface area contributed by atoms with Crippen molar-refractivity contribution in [2.75, 3.05) is 19.3 Å². The van der Waals surface area contributed by atoms with Crippen molar-refractivity contribution in [3.8, 4) is 22.4 Å². The number of nitrogens with zero attached hydrogens (tertiary/aromatic N) is 4. The number of hydrogen-bond acceptors (Lipinski definition) is 7. The van der Waals surface area contributed by atoms with E-state index in [2.05, 4.69) is 58.5 Å². The molecule has 0 bridgehead atoms. The Morgan fingerprint density at radius 2 is 1.62 bits per heavy atom. The highest BCUT2D eigenvalue weighted by Crippen LogP contribution is 2.46. The lowest BCUT2D eigenvalue weighted by Gasteiger charge is -2.34. The number of imidazole rings is 2. The Balaban J connectivity index is 1.00. The van der Waals surface area contributed by atoms with Gasteiger partial charge in [0, 0.05) is 18.7 Å². The summed E-state index contributed by atoms with van der Waals surface area (Å²) < 4.78 is 11.4. The van der Waals surface area contributed by atoms with E-state index in [1.54, 1.807) is 16.7 Å². The predicted molar refractivity (Wildman–Crippen MR) is 209 cm³/mol. The number of thioether (sulfide) groups is 1. The van der Waals surface area contributed by atoms with Crippen molar-refractivity contribution < 1.29 is 19.1 Å². The first-order valence-corrected chi connectivity index (χ1v) is 19.5. The zero-order chi connectivity index (χ0) is 36.7. The monoisotopic (exact) mass is 728 g/mol. The second kappa shape index (κ2) is 13.9. The minimum absolute atomic E-state index is 0.130. The summed E-state index contributed by atoms with van der Waals surface area (Å²) in [6.07, 6.45) is 6.68. The third-order valence-corrected chi connectivity index (χ3v) is 11.5. The quantitative estimate of drug-likeness (QED) is 0.168. The van der Waals surface area contributed by atoms with Gasteiger partial charge >= 0.3 is 12.2 Å². The lowest BCUT2D eigenvalue weighted by atomic mass is 9.99. The molecule has 2 unspecified atom stereocenters. The molecule has 53 heavy (non-hydrogen) atoms. The topological polar surface area (TPSA) is 116 Å². The molecule has 8 rings (SSSR count). The van der Waals surface area contributed by atoms with Crippen LogP contribution in [0.1, 0.15) is 69.7 Å². The van der Waals surface area contributed by atoms with Crippen LogP contribution in [0.25, 0.3) is 44.2 Å². The number of ether oxygens (including phenoxy) is 2. The highest BCUT2D eigenvalue weighted by Gasteiger charge is 2.48. The molecule has 2 fully saturated rings. The van der Waals surface area contributed by atoms with Gasteiger partial charge in [0.2, 0.25) is 0 Å². The smallest absolute Gasteiger partial charge is 0.411 e. The lowest BCUT2D eigenvalue weighted by molar-refractivity contribution is 0.0218. The van der Waals surface area contributed by atoms with Crippen molar-refractivity contribution in [3.05, 3.63) is 108 Å². The largest absolute Gasteiger partial charge is 0.445 e. The Bertz CT molecular complexity index is 2300. The van der Waals surface area contributed by atoms with Gasteiger partial charge in [-0.05, 0) is 104 Å². The van der Waals surface area contributed by atoms with Crippen LogP contribution in [0.5, 0.6) is 0 Å². The summed E-state index contributed by atoms with van der Waals surface area (Å²) in [5.74, 6) is 1.55. The molecule has 2 saturated heterocycles. The van der Waals surface area contributed by atoms with E-state index in [-0.39, 0.29) is 24.8 Å². The number of aromatic amines is 2. The number of rotatable bonds is 7. The van der Waals surface area contributed by atoms with Crippen molar-refractivity contribution in [2.24, 2.45) is 0 Å². The van der Waals surface area contributed by atoms with Crippen LogP contribution in [0.4, 0.5) is 9.59 Å². The van der Waals surface area contributed by atoms with Gasteiger partial charge in [0.05, 0.1) is 29.0 Å². The van der Waals surface area contributed by atoms with E-state index in [1.165, 1.54) is 0 Å². The van der Waals surface area contributed by atoms with E-state index >= 15 is 0 Å². The summed E-state index contributed by atoms with van der Waals surface area (Å²) in [6.45, 7) is 7.17. The van der Waals surface area contributed by atoms with Crippen LogP contribution in [0.2, 0.25) is 0 Å². The lowest BCUT2D eigenvalue weighted by Crippen LogP contribution is -2.43. The number of nitrogens with one attached hydrogen (secondary N) is 2. The van der Waals surface area contributed by atoms with Gasteiger partial charge in [-0.1, -0.05) is 60.7 Å². The molecule has 2 aliphatic heterocycles. The molecule has 0 saturated carbocycles.